The summed E-state index contributed by atoms with van der Waals surface area (Å²) in [5.41, 5.74) is 0.642. The number of methoxy groups -OCH3 is 2. The van der Waals surface area contributed by atoms with Gasteiger partial charge in [-0.1, -0.05) is 0 Å². The Kier molecular flexibility index (Phi) is 4.90. The highest BCUT2D eigenvalue weighted by Crippen LogP contribution is 2.26. The Morgan fingerprint density at radius 3 is 2.14 bits per heavy atom. The average Bonchev–Trinajstić information content (AvgIpc) is 2.45. The number of carbonyl (C=O) groups is 1. The number of rotatable bonds is 3. The van der Waals surface area contributed by atoms with Crippen LogP contribution in [0.2, 0.25) is 0 Å². The Labute approximate surface area is 125 Å². The monoisotopic (exact) mass is 294 g/mol. The first-order chi connectivity index (χ1) is 10.0. The molecule has 0 spiro atoms. The normalized spacial score (nSPS) is 21.8. The molecule has 2 rings (SSSR count). The molecule has 6 heteroatoms. The van der Waals surface area contributed by atoms with E-state index in [0.29, 0.717) is 30.3 Å². The molecule has 1 aliphatic heterocycles. The van der Waals surface area contributed by atoms with E-state index in [1.54, 1.807) is 37.3 Å². The molecular weight excluding hydrogens is 272 g/mol. The van der Waals surface area contributed by atoms with Crippen molar-refractivity contribution in [1.29, 1.82) is 0 Å². The number of amides is 2. The predicted octanol–water partition coefficient (Wildman–Crippen LogP) is 2.34. The van der Waals surface area contributed by atoms with Gasteiger partial charge in [-0.2, -0.15) is 0 Å². The van der Waals surface area contributed by atoms with E-state index >= 15 is 0 Å². The molecule has 1 fully saturated rings. The number of urea groups is 1. The second-order valence-electron chi connectivity index (χ2n) is 5.19. The molecule has 1 aliphatic rings. The van der Waals surface area contributed by atoms with Gasteiger partial charge in [-0.25, -0.2) is 4.79 Å². The summed E-state index contributed by atoms with van der Waals surface area (Å²) in [6.07, 6.45) is 0.0821. The van der Waals surface area contributed by atoms with Gasteiger partial charge in [-0.3, -0.25) is 0 Å². The summed E-state index contributed by atoms with van der Waals surface area (Å²) in [5.74, 6) is 1.27. The lowest BCUT2D eigenvalue weighted by Gasteiger charge is -2.35. The van der Waals surface area contributed by atoms with Crippen molar-refractivity contribution in [3.8, 4) is 11.5 Å². The van der Waals surface area contributed by atoms with Crippen molar-refractivity contribution in [3.63, 3.8) is 0 Å². The molecule has 0 radical (unpaired) electrons. The van der Waals surface area contributed by atoms with E-state index < -0.39 is 0 Å². The van der Waals surface area contributed by atoms with Gasteiger partial charge in [0.15, 0.2) is 0 Å². The van der Waals surface area contributed by atoms with Gasteiger partial charge in [0.25, 0.3) is 0 Å². The molecule has 0 aliphatic carbocycles. The Hall–Kier alpha value is -1.95. The van der Waals surface area contributed by atoms with E-state index in [9.17, 15) is 4.79 Å². The standard InChI is InChI=1S/C15H22N2O4/c1-10-8-17(9-11(2)21-10)15(18)16-12-5-13(19-3)7-14(6-12)20-4/h5-7,10-11H,8-9H2,1-4H3,(H,16,18). The number of ether oxygens (including phenoxy) is 3. The van der Waals surface area contributed by atoms with Crippen LogP contribution in [0.1, 0.15) is 13.8 Å². The molecule has 1 N–H and O–H groups in total. The molecule has 1 heterocycles. The average molecular weight is 294 g/mol. The minimum absolute atomic E-state index is 0.0411. The summed E-state index contributed by atoms with van der Waals surface area (Å²) in [6, 6.07) is 5.13. The van der Waals surface area contributed by atoms with Crippen LogP contribution in [0.4, 0.5) is 10.5 Å². The van der Waals surface area contributed by atoms with E-state index in [2.05, 4.69) is 5.32 Å². The molecule has 2 atom stereocenters. The van der Waals surface area contributed by atoms with Crippen molar-refractivity contribution in [3.05, 3.63) is 18.2 Å². The van der Waals surface area contributed by atoms with Crippen molar-refractivity contribution < 1.29 is 19.0 Å². The number of carbonyl (C=O) groups excluding carboxylic acids is 1. The third-order valence-electron chi connectivity index (χ3n) is 3.31. The minimum atomic E-state index is -0.146. The van der Waals surface area contributed by atoms with Gasteiger partial charge < -0.3 is 24.4 Å². The summed E-state index contributed by atoms with van der Waals surface area (Å²) in [4.78, 5) is 14.1. The lowest BCUT2D eigenvalue weighted by molar-refractivity contribution is -0.0530. The maximum Gasteiger partial charge on any atom is 0.322 e. The SMILES string of the molecule is COc1cc(NC(=O)N2CC(C)OC(C)C2)cc(OC)c1. The van der Waals surface area contributed by atoms with Crippen molar-refractivity contribution in [2.45, 2.75) is 26.1 Å². The smallest absolute Gasteiger partial charge is 0.322 e. The summed E-state index contributed by atoms with van der Waals surface area (Å²) in [7, 11) is 3.15. The Morgan fingerprint density at radius 1 is 1.14 bits per heavy atom. The fourth-order valence-corrected chi connectivity index (χ4v) is 2.43. The third-order valence-corrected chi connectivity index (χ3v) is 3.31. The summed E-state index contributed by atoms with van der Waals surface area (Å²) >= 11 is 0. The molecule has 21 heavy (non-hydrogen) atoms. The lowest BCUT2D eigenvalue weighted by atomic mass is 10.2. The molecule has 0 bridgehead atoms. The Bertz CT molecular complexity index is 474. The summed E-state index contributed by atoms with van der Waals surface area (Å²) in [6.45, 7) is 5.09. The minimum Gasteiger partial charge on any atom is -0.497 e. The highest BCUT2D eigenvalue weighted by molar-refractivity contribution is 5.90. The van der Waals surface area contributed by atoms with Crippen molar-refractivity contribution >= 4 is 11.7 Å². The second kappa shape index (κ2) is 6.67. The van der Waals surface area contributed by atoms with Gasteiger partial charge in [0.1, 0.15) is 11.5 Å². The van der Waals surface area contributed by atoms with Crippen LogP contribution in [0, 0.1) is 0 Å². The van der Waals surface area contributed by atoms with Gasteiger partial charge in [0.05, 0.1) is 26.4 Å². The fourth-order valence-electron chi connectivity index (χ4n) is 2.43. The van der Waals surface area contributed by atoms with E-state index in [0.717, 1.165) is 0 Å². The first-order valence-electron chi connectivity index (χ1n) is 6.96. The fraction of sp³-hybridized carbons (Fsp3) is 0.533. The van der Waals surface area contributed by atoms with E-state index in [4.69, 9.17) is 14.2 Å². The number of benzene rings is 1. The van der Waals surface area contributed by atoms with Crippen molar-refractivity contribution in [2.75, 3.05) is 32.6 Å². The number of hydrogen-bond acceptors (Lipinski definition) is 4. The first kappa shape index (κ1) is 15.4. The van der Waals surface area contributed by atoms with Crippen LogP contribution in [0.3, 0.4) is 0 Å². The third kappa shape index (κ3) is 4.01. The van der Waals surface area contributed by atoms with Crippen LogP contribution in [0.15, 0.2) is 18.2 Å². The Morgan fingerprint density at radius 2 is 1.67 bits per heavy atom. The number of nitrogens with zero attached hydrogens (tertiary/aromatic N) is 1. The van der Waals surface area contributed by atoms with Gasteiger partial charge in [0.2, 0.25) is 0 Å². The van der Waals surface area contributed by atoms with Crippen molar-refractivity contribution in [2.24, 2.45) is 0 Å². The molecule has 1 saturated heterocycles. The summed E-state index contributed by atoms with van der Waals surface area (Å²) in [5, 5.41) is 2.87. The molecule has 6 nitrogen and oxygen atoms in total. The highest BCUT2D eigenvalue weighted by atomic mass is 16.5. The van der Waals surface area contributed by atoms with Crippen molar-refractivity contribution in [1.82, 2.24) is 4.90 Å². The van der Waals surface area contributed by atoms with Crippen LogP contribution in [-0.2, 0) is 4.74 Å². The van der Waals surface area contributed by atoms with Crippen LogP contribution < -0.4 is 14.8 Å². The molecular formula is C15H22N2O4. The molecule has 2 amide bonds. The molecule has 0 aromatic heterocycles. The number of nitrogens with one attached hydrogen (secondary N) is 1. The highest BCUT2D eigenvalue weighted by Gasteiger charge is 2.26. The summed E-state index contributed by atoms with van der Waals surface area (Å²) < 4.78 is 16.0. The molecule has 2 unspecified atom stereocenters. The van der Waals surface area contributed by atoms with Gasteiger partial charge in [-0.15, -0.1) is 0 Å². The Balaban J connectivity index is 2.08. The largest absolute Gasteiger partial charge is 0.497 e. The maximum atomic E-state index is 12.3. The quantitative estimate of drug-likeness (QED) is 0.929. The molecule has 1 aromatic rings. The number of anilines is 1. The number of morpholine rings is 1. The molecule has 0 saturated carbocycles. The van der Waals surface area contributed by atoms with E-state index in [1.807, 2.05) is 13.8 Å². The molecule has 116 valence electrons. The van der Waals surface area contributed by atoms with Gasteiger partial charge in [0, 0.05) is 37.0 Å². The van der Waals surface area contributed by atoms with Gasteiger partial charge in [-0.05, 0) is 13.8 Å². The lowest BCUT2D eigenvalue weighted by Crippen LogP contribution is -2.49. The van der Waals surface area contributed by atoms with Crippen LogP contribution >= 0.6 is 0 Å². The van der Waals surface area contributed by atoms with Crippen LogP contribution in [0.25, 0.3) is 0 Å². The molecule has 1 aromatic carbocycles. The maximum absolute atomic E-state index is 12.3. The van der Waals surface area contributed by atoms with Gasteiger partial charge >= 0.3 is 6.03 Å². The number of hydrogen-bond donors (Lipinski definition) is 1. The van der Waals surface area contributed by atoms with E-state index in [1.165, 1.54) is 0 Å². The first-order valence-corrected chi connectivity index (χ1v) is 6.96. The zero-order valence-corrected chi connectivity index (χ0v) is 12.9. The van der Waals surface area contributed by atoms with Crippen LogP contribution in [-0.4, -0.2) is 50.4 Å². The second-order valence-corrected chi connectivity index (χ2v) is 5.19. The zero-order valence-electron chi connectivity index (χ0n) is 12.9. The zero-order chi connectivity index (χ0) is 15.4. The topological polar surface area (TPSA) is 60.0 Å². The van der Waals surface area contributed by atoms with Crippen LogP contribution in [0.5, 0.6) is 11.5 Å². The van der Waals surface area contributed by atoms with E-state index in [-0.39, 0.29) is 18.2 Å². The predicted molar refractivity (Wildman–Crippen MR) is 80.1 cm³/mol.